The second-order valence-electron chi connectivity index (χ2n) is 1.53. The minimum atomic E-state index is -0.711. The van der Waals surface area contributed by atoms with E-state index in [0.717, 1.165) is 13.0 Å². The van der Waals surface area contributed by atoms with E-state index in [9.17, 15) is 9.59 Å². The molecule has 0 heterocycles. The average Bonchev–Trinajstić information content (AvgIpc) is 2.08. The number of carbonyl (C=O) groups excluding carboxylic acids is 2. The second-order valence-corrected chi connectivity index (χ2v) is 1.53. The SMILES string of the molecule is C=C.C=CC.C=CC(=O)OC(C)=O. The fourth-order valence-corrected chi connectivity index (χ4v) is 0.183. The van der Waals surface area contributed by atoms with Crippen LogP contribution in [-0.2, 0) is 14.3 Å². The summed E-state index contributed by atoms with van der Waals surface area (Å²) in [5, 5.41) is 0. The van der Waals surface area contributed by atoms with Crippen LogP contribution in [0.2, 0.25) is 0 Å². The summed E-state index contributed by atoms with van der Waals surface area (Å²) in [5.74, 6) is -1.33. The van der Waals surface area contributed by atoms with Gasteiger partial charge in [-0.25, -0.2) is 4.79 Å². The van der Waals surface area contributed by atoms with Gasteiger partial charge in [0.25, 0.3) is 0 Å². The highest BCUT2D eigenvalue weighted by Crippen LogP contribution is 1.77. The van der Waals surface area contributed by atoms with E-state index in [1.807, 2.05) is 6.92 Å². The predicted molar refractivity (Wildman–Crippen MR) is 54.1 cm³/mol. The molecule has 3 nitrogen and oxygen atoms in total. The fourth-order valence-electron chi connectivity index (χ4n) is 0.183. The molecule has 0 spiro atoms. The smallest absolute Gasteiger partial charge is 0.337 e. The van der Waals surface area contributed by atoms with Crippen LogP contribution in [-0.4, -0.2) is 11.9 Å². The summed E-state index contributed by atoms with van der Waals surface area (Å²) < 4.78 is 4.00. The van der Waals surface area contributed by atoms with E-state index in [4.69, 9.17) is 0 Å². The molecule has 0 aromatic carbocycles. The van der Waals surface area contributed by atoms with Crippen LogP contribution in [0.1, 0.15) is 13.8 Å². The Morgan fingerprint density at radius 2 is 1.54 bits per heavy atom. The maximum absolute atomic E-state index is 10.1. The second kappa shape index (κ2) is 16.8. The molecule has 0 rings (SSSR count). The zero-order chi connectivity index (χ0) is 11.3. The number of hydrogen-bond acceptors (Lipinski definition) is 3. The molecule has 0 atom stereocenters. The molecule has 0 aliphatic carbocycles. The molecule has 0 saturated carbocycles. The fraction of sp³-hybridized carbons (Fsp3) is 0.200. The van der Waals surface area contributed by atoms with Crippen LogP contribution in [0.3, 0.4) is 0 Å². The van der Waals surface area contributed by atoms with Crippen LogP contribution in [0.25, 0.3) is 0 Å². The van der Waals surface area contributed by atoms with E-state index in [1.165, 1.54) is 0 Å². The molecule has 0 unspecified atom stereocenters. The summed E-state index contributed by atoms with van der Waals surface area (Å²) >= 11 is 0. The quantitative estimate of drug-likeness (QED) is 0.272. The summed E-state index contributed by atoms with van der Waals surface area (Å²) in [7, 11) is 0. The lowest BCUT2D eigenvalue weighted by atomic mass is 10.6. The van der Waals surface area contributed by atoms with Gasteiger partial charge in [-0.2, -0.15) is 0 Å². The third-order valence-electron chi connectivity index (χ3n) is 0.411. The van der Waals surface area contributed by atoms with Crippen molar-refractivity contribution in [1.29, 1.82) is 0 Å². The van der Waals surface area contributed by atoms with Crippen molar-refractivity contribution in [3.05, 3.63) is 38.5 Å². The maximum atomic E-state index is 10.1. The van der Waals surface area contributed by atoms with E-state index in [1.54, 1.807) is 6.08 Å². The van der Waals surface area contributed by atoms with Gasteiger partial charge in [0.05, 0.1) is 0 Å². The van der Waals surface area contributed by atoms with Gasteiger partial charge >= 0.3 is 11.9 Å². The van der Waals surface area contributed by atoms with Crippen molar-refractivity contribution in [2.24, 2.45) is 0 Å². The largest absolute Gasteiger partial charge is 0.390 e. The zero-order valence-electron chi connectivity index (χ0n) is 8.21. The molecule has 0 N–H and O–H groups in total. The molecule has 0 fully saturated rings. The summed E-state index contributed by atoms with van der Waals surface area (Å²) in [5.41, 5.74) is 0. The van der Waals surface area contributed by atoms with E-state index in [0.29, 0.717) is 0 Å². The molecule has 0 bridgehead atoms. The highest BCUT2D eigenvalue weighted by Gasteiger charge is 1.96. The van der Waals surface area contributed by atoms with Gasteiger partial charge in [-0.05, 0) is 6.92 Å². The Bertz CT molecular complexity index is 171. The highest BCUT2D eigenvalue weighted by atomic mass is 16.6. The Morgan fingerprint density at radius 3 is 1.62 bits per heavy atom. The molecule has 0 aliphatic rings. The van der Waals surface area contributed by atoms with E-state index in [-0.39, 0.29) is 0 Å². The average molecular weight is 184 g/mol. The van der Waals surface area contributed by atoms with Crippen molar-refractivity contribution >= 4 is 11.9 Å². The lowest BCUT2D eigenvalue weighted by Crippen LogP contribution is -2.04. The van der Waals surface area contributed by atoms with Gasteiger partial charge in [-0.1, -0.05) is 12.7 Å². The van der Waals surface area contributed by atoms with Gasteiger partial charge in [0.15, 0.2) is 0 Å². The van der Waals surface area contributed by atoms with Crippen molar-refractivity contribution in [2.45, 2.75) is 13.8 Å². The van der Waals surface area contributed by atoms with Crippen LogP contribution >= 0.6 is 0 Å². The van der Waals surface area contributed by atoms with Crippen molar-refractivity contribution in [1.82, 2.24) is 0 Å². The Hall–Kier alpha value is -1.64. The molecule has 0 aliphatic heterocycles. The van der Waals surface area contributed by atoms with Crippen molar-refractivity contribution in [2.75, 3.05) is 0 Å². The van der Waals surface area contributed by atoms with Gasteiger partial charge in [-0.15, -0.1) is 19.7 Å². The third-order valence-corrected chi connectivity index (χ3v) is 0.411. The first kappa shape index (κ1) is 17.4. The first-order chi connectivity index (χ1) is 6.08. The van der Waals surface area contributed by atoms with Crippen molar-refractivity contribution < 1.29 is 14.3 Å². The number of hydrogen-bond donors (Lipinski definition) is 0. The molecule has 0 amide bonds. The van der Waals surface area contributed by atoms with E-state index >= 15 is 0 Å². The highest BCUT2D eigenvalue weighted by molar-refractivity contribution is 5.90. The van der Waals surface area contributed by atoms with Crippen LogP contribution in [0.5, 0.6) is 0 Å². The van der Waals surface area contributed by atoms with Crippen LogP contribution in [0.15, 0.2) is 38.5 Å². The molecule has 0 aromatic rings. The zero-order valence-corrected chi connectivity index (χ0v) is 8.21. The van der Waals surface area contributed by atoms with Gasteiger partial charge in [0.1, 0.15) is 0 Å². The minimum Gasteiger partial charge on any atom is -0.390 e. The standard InChI is InChI=1S/C5H6O3.C3H6.C2H4/c1-3-5(7)8-4(2)6;1-3-2;1-2/h3H,1H2,2H3;3H,1H2,2H3;1-2H2. The topological polar surface area (TPSA) is 43.4 Å². The number of allylic oxidation sites excluding steroid dienone is 1. The summed E-state index contributed by atoms with van der Waals surface area (Å²) in [6.45, 7) is 15.5. The van der Waals surface area contributed by atoms with Crippen LogP contribution < -0.4 is 0 Å². The van der Waals surface area contributed by atoms with Crippen molar-refractivity contribution in [3.63, 3.8) is 0 Å². The monoisotopic (exact) mass is 184 g/mol. The Morgan fingerprint density at radius 1 is 1.23 bits per heavy atom. The third kappa shape index (κ3) is 38.1. The van der Waals surface area contributed by atoms with E-state index < -0.39 is 11.9 Å². The summed E-state index contributed by atoms with van der Waals surface area (Å²) in [4.78, 5) is 20.0. The van der Waals surface area contributed by atoms with Gasteiger partial charge in [-0.3, -0.25) is 4.79 Å². The molecular weight excluding hydrogens is 168 g/mol. The molecule has 13 heavy (non-hydrogen) atoms. The van der Waals surface area contributed by atoms with Gasteiger partial charge in [0, 0.05) is 13.0 Å². The van der Waals surface area contributed by atoms with Crippen LogP contribution in [0.4, 0.5) is 0 Å². The number of rotatable bonds is 1. The Labute approximate surface area is 79.4 Å². The van der Waals surface area contributed by atoms with Crippen LogP contribution in [0, 0.1) is 0 Å². The molecule has 0 aromatic heterocycles. The molecular formula is C10H16O3. The van der Waals surface area contributed by atoms with Gasteiger partial charge in [0.2, 0.25) is 0 Å². The first-order valence-corrected chi connectivity index (χ1v) is 3.50. The number of carbonyl (C=O) groups is 2. The first-order valence-electron chi connectivity index (χ1n) is 3.50. The molecule has 0 saturated heterocycles. The number of ether oxygens (including phenoxy) is 1. The van der Waals surface area contributed by atoms with Crippen molar-refractivity contribution in [3.8, 4) is 0 Å². The number of esters is 2. The molecule has 3 heteroatoms. The molecule has 74 valence electrons. The normalized spacial score (nSPS) is 6.00. The predicted octanol–water partition coefficient (Wildman–Crippen LogP) is 2.26. The Kier molecular flexibility index (Phi) is 22.5. The maximum Gasteiger partial charge on any atom is 0.337 e. The minimum absolute atomic E-state index is 0.616. The Balaban J connectivity index is -0.000000169. The van der Waals surface area contributed by atoms with Gasteiger partial charge < -0.3 is 4.74 Å². The molecule has 0 radical (unpaired) electrons. The lowest BCUT2D eigenvalue weighted by molar-refractivity contribution is -0.154. The summed E-state index contributed by atoms with van der Waals surface area (Å²) in [6, 6.07) is 0. The lowest BCUT2D eigenvalue weighted by Gasteiger charge is -1.89. The van der Waals surface area contributed by atoms with E-state index in [2.05, 4.69) is 31.1 Å². The summed E-state index contributed by atoms with van der Waals surface area (Å²) in [6.07, 6.45) is 2.68.